The Morgan fingerprint density at radius 2 is 1.94 bits per heavy atom. The Morgan fingerprint density at radius 1 is 1.29 bits per heavy atom. The lowest BCUT2D eigenvalue weighted by molar-refractivity contribution is -0.122. The number of anilines is 1. The first-order valence-corrected chi connectivity index (χ1v) is 6.07. The number of rotatable bonds is 3. The van der Waals surface area contributed by atoms with Crippen LogP contribution >= 0.6 is 11.6 Å². The molecule has 17 heavy (non-hydrogen) atoms. The first-order valence-electron chi connectivity index (χ1n) is 5.69. The number of halogens is 1. The molecule has 1 aromatic heterocycles. The van der Waals surface area contributed by atoms with E-state index in [2.05, 4.69) is 15.3 Å². The van der Waals surface area contributed by atoms with Crippen LogP contribution in [-0.4, -0.2) is 21.9 Å². The van der Waals surface area contributed by atoms with Gasteiger partial charge in [-0.25, -0.2) is 9.97 Å². The Hall–Kier alpha value is -1.36. The third-order valence-corrected chi connectivity index (χ3v) is 3.40. The van der Waals surface area contributed by atoms with Crippen LogP contribution in [0.5, 0.6) is 0 Å². The average Bonchev–Trinajstić information content (AvgIpc) is 2.33. The van der Waals surface area contributed by atoms with Crippen LogP contribution in [0.1, 0.15) is 25.7 Å². The van der Waals surface area contributed by atoms with Crippen molar-refractivity contribution in [1.82, 2.24) is 9.97 Å². The van der Waals surface area contributed by atoms with E-state index in [1.165, 1.54) is 0 Å². The molecule has 1 fully saturated rings. The van der Waals surface area contributed by atoms with Gasteiger partial charge in [0.25, 0.3) is 0 Å². The van der Waals surface area contributed by atoms with E-state index >= 15 is 0 Å². The maximum atomic E-state index is 11.0. The van der Waals surface area contributed by atoms with E-state index in [4.69, 9.17) is 17.3 Å². The number of aromatic nitrogens is 2. The Morgan fingerprint density at radius 3 is 2.53 bits per heavy atom. The predicted octanol–water partition coefficient (Wildman–Crippen LogP) is 1.59. The highest BCUT2D eigenvalue weighted by Crippen LogP contribution is 2.27. The Kier molecular flexibility index (Phi) is 3.78. The normalized spacial score (nSPS) is 24.3. The van der Waals surface area contributed by atoms with Crippen molar-refractivity contribution >= 4 is 23.3 Å². The van der Waals surface area contributed by atoms with Crippen molar-refractivity contribution in [1.29, 1.82) is 0 Å². The number of carbonyl (C=O) groups excluding carboxylic acids is 1. The molecular weight excluding hydrogens is 240 g/mol. The number of carbonyl (C=O) groups is 1. The highest BCUT2D eigenvalue weighted by atomic mass is 35.5. The molecule has 0 bridgehead atoms. The summed E-state index contributed by atoms with van der Waals surface area (Å²) in [5.41, 5.74) is 5.29. The Balaban J connectivity index is 1.90. The molecule has 0 aromatic carbocycles. The molecule has 0 radical (unpaired) electrons. The van der Waals surface area contributed by atoms with Crippen molar-refractivity contribution in [2.45, 2.75) is 31.7 Å². The van der Waals surface area contributed by atoms with E-state index < -0.39 is 0 Å². The van der Waals surface area contributed by atoms with Crippen LogP contribution in [0.4, 0.5) is 5.82 Å². The Labute approximate surface area is 105 Å². The largest absolute Gasteiger partial charge is 0.369 e. The molecule has 0 unspecified atom stereocenters. The summed E-state index contributed by atoms with van der Waals surface area (Å²) < 4.78 is 0. The van der Waals surface area contributed by atoms with Gasteiger partial charge in [-0.1, -0.05) is 11.6 Å². The molecule has 1 aliphatic carbocycles. The van der Waals surface area contributed by atoms with Crippen molar-refractivity contribution < 1.29 is 4.79 Å². The molecule has 0 aliphatic heterocycles. The van der Waals surface area contributed by atoms with Crippen LogP contribution in [0.3, 0.4) is 0 Å². The van der Waals surface area contributed by atoms with Crippen molar-refractivity contribution in [2.24, 2.45) is 11.7 Å². The lowest BCUT2D eigenvalue weighted by Crippen LogP contribution is -2.32. The van der Waals surface area contributed by atoms with Crippen LogP contribution in [0.25, 0.3) is 0 Å². The summed E-state index contributed by atoms with van der Waals surface area (Å²) in [5.74, 6) is 0.433. The van der Waals surface area contributed by atoms with Gasteiger partial charge in [0.05, 0.1) is 0 Å². The molecule has 1 saturated carbocycles. The fourth-order valence-electron chi connectivity index (χ4n) is 2.13. The SMILES string of the molecule is NC(=O)C1CCC(Nc2nccnc2Cl)CC1. The van der Waals surface area contributed by atoms with Gasteiger partial charge in [-0.3, -0.25) is 4.79 Å². The first kappa shape index (κ1) is 12.1. The van der Waals surface area contributed by atoms with E-state index in [-0.39, 0.29) is 11.8 Å². The maximum absolute atomic E-state index is 11.0. The topological polar surface area (TPSA) is 80.9 Å². The summed E-state index contributed by atoms with van der Waals surface area (Å²) in [5, 5.41) is 3.63. The van der Waals surface area contributed by atoms with Gasteiger partial charge in [0.1, 0.15) is 0 Å². The van der Waals surface area contributed by atoms with E-state index in [0.717, 1.165) is 25.7 Å². The first-order chi connectivity index (χ1) is 8.16. The van der Waals surface area contributed by atoms with Crippen molar-refractivity contribution in [3.05, 3.63) is 17.5 Å². The van der Waals surface area contributed by atoms with E-state index in [1.54, 1.807) is 12.4 Å². The lowest BCUT2D eigenvalue weighted by Gasteiger charge is -2.27. The molecule has 5 nitrogen and oxygen atoms in total. The quantitative estimate of drug-likeness (QED) is 0.858. The fourth-order valence-corrected chi connectivity index (χ4v) is 2.29. The second-order valence-electron chi connectivity index (χ2n) is 4.29. The van der Waals surface area contributed by atoms with Gasteiger partial charge in [0.2, 0.25) is 5.91 Å². The van der Waals surface area contributed by atoms with Crippen molar-refractivity contribution in [3.8, 4) is 0 Å². The van der Waals surface area contributed by atoms with Gasteiger partial charge in [-0.15, -0.1) is 0 Å². The monoisotopic (exact) mass is 254 g/mol. The molecular formula is C11H15ClN4O. The number of amides is 1. The fraction of sp³-hybridized carbons (Fsp3) is 0.545. The zero-order valence-corrected chi connectivity index (χ0v) is 10.2. The number of nitrogens with one attached hydrogen (secondary N) is 1. The third-order valence-electron chi connectivity index (χ3n) is 3.12. The predicted molar refractivity (Wildman–Crippen MR) is 65.6 cm³/mol. The van der Waals surface area contributed by atoms with Gasteiger partial charge in [0.15, 0.2) is 11.0 Å². The molecule has 0 saturated heterocycles. The molecule has 3 N–H and O–H groups in total. The van der Waals surface area contributed by atoms with Gasteiger partial charge in [0, 0.05) is 24.4 Å². The minimum Gasteiger partial charge on any atom is -0.369 e. The molecule has 6 heteroatoms. The van der Waals surface area contributed by atoms with Gasteiger partial charge in [-0.05, 0) is 25.7 Å². The summed E-state index contributed by atoms with van der Waals surface area (Å²) in [6, 6.07) is 0.291. The van der Waals surface area contributed by atoms with E-state index in [0.29, 0.717) is 17.0 Å². The summed E-state index contributed by atoms with van der Waals surface area (Å²) in [6.45, 7) is 0. The molecule has 1 heterocycles. The van der Waals surface area contributed by atoms with E-state index in [1.807, 2.05) is 0 Å². The van der Waals surface area contributed by atoms with Crippen LogP contribution in [0.15, 0.2) is 12.4 Å². The smallest absolute Gasteiger partial charge is 0.220 e. The highest BCUT2D eigenvalue weighted by molar-refractivity contribution is 6.31. The van der Waals surface area contributed by atoms with Crippen molar-refractivity contribution in [3.63, 3.8) is 0 Å². The van der Waals surface area contributed by atoms with Gasteiger partial charge >= 0.3 is 0 Å². The summed E-state index contributed by atoms with van der Waals surface area (Å²) in [6.07, 6.45) is 6.61. The minimum absolute atomic E-state index is 0.0189. The number of primary amides is 1. The highest BCUT2D eigenvalue weighted by Gasteiger charge is 2.25. The molecule has 1 amide bonds. The lowest BCUT2D eigenvalue weighted by atomic mass is 9.85. The van der Waals surface area contributed by atoms with Crippen molar-refractivity contribution in [2.75, 3.05) is 5.32 Å². The zero-order valence-electron chi connectivity index (χ0n) is 9.40. The van der Waals surface area contributed by atoms with Gasteiger partial charge in [-0.2, -0.15) is 0 Å². The minimum atomic E-state index is -0.194. The number of nitrogens with zero attached hydrogens (tertiary/aromatic N) is 2. The Bertz CT molecular complexity index is 404. The third kappa shape index (κ3) is 3.06. The van der Waals surface area contributed by atoms with Crippen LogP contribution in [0.2, 0.25) is 5.15 Å². The number of hydrogen-bond donors (Lipinski definition) is 2. The molecule has 0 spiro atoms. The number of nitrogens with two attached hydrogens (primary N) is 1. The molecule has 1 aromatic rings. The number of hydrogen-bond acceptors (Lipinski definition) is 4. The van der Waals surface area contributed by atoms with Gasteiger partial charge < -0.3 is 11.1 Å². The maximum Gasteiger partial charge on any atom is 0.220 e. The van der Waals surface area contributed by atoms with Crippen LogP contribution in [0, 0.1) is 5.92 Å². The second-order valence-corrected chi connectivity index (χ2v) is 4.65. The standard InChI is InChI=1S/C11H15ClN4O/c12-9-11(15-6-5-14-9)16-8-3-1-7(2-4-8)10(13)17/h5-8H,1-4H2,(H2,13,17)(H,15,16). The molecule has 1 aliphatic rings. The van der Waals surface area contributed by atoms with E-state index in [9.17, 15) is 4.79 Å². The second kappa shape index (κ2) is 5.31. The van der Waals surface area contributed by atoms with Crippen LogP contribution < -0.4 is 11.1 Å². The zero-order chi connectivity index (χ0) is 12.3. The average molecular weight is 255 g/mol. The summed E-state index contributed by atoms with van der Waals surface area (Å²) >= 11 is 5.91. The molecule has 92 valence electrons. The molecule has 2 rings (SSSR count). The summed E-state index contributed by atoms with van der Waals surface area (Å²) in [7, 11) is 0. The molecule has 0 atom stereocenters. The van der Waals surface area contributed by atoms with Crippen LogP contribution in [-0.2, 0) is 4.79 Å². The summed E-state index contributed by atoms with van der Waals surface area (Å²) in [4.78, 5) is 19.1.